The highest BCUT2D eigenvalue weighted by molar-refractivity contribution is 5.83. The highest BCUT2D eigenvalue weighted by Gasteiger charge is 2.51. The van der Waals surface area contributed by atoms with Crippen LogP contribution in [0.4, 0.5) is 0 Å². The summed E-state index contributed by atoms with van der Waals surface area (Å²) in [5.41, 5.74) is 1.61. The quantitative estimate of drug-likeness (QED) is 0.809. The topological polar surface area (TPSA) is 73.8 Å². The average Bonchev–Trinajstić information content (AvgIpc) is 3.10. The van der Waals surface area contributed by atoms with E-state index >= 15 is 0 Å². The zero-order valence-electron chi connectivity index (χ0n) is 15.8. The average molecular weight is 381 g/mol. The molecule has 1 aromatic heterocycles. The molecular formula is C21H23N3O4. The predicted molar refractivity (Wildman–Crippen MR) is 100 cm³/mol. The molecule has 1 amide bonds. The summed E-state index contributed by atoms with van der Waals surface area (Å²) in [5, 5.41) is 0. The first-order valence-electron chi connectivity index (χ1n) is 9.73. The van der Waals surface area contributed by atoms with Crippen molar-refractivity contribution in [2.75, 3.05) is 19.7 Å². The molecule has 0 unspecified atom stereocenters. The van der Waals surface area contributed by atoms with Gasteiger partial charge in [-0.15, -0.1) is 0 Å². The van der Waals surface area contributed by atoms with Gasteiger partial charge in [0.25, 0.3) is 5.91 Å². The second kappa shape index (κ2) is 6.74. The molecule has 1 spiro atoms. The van der Waals surface area contributed by atoms with Gasteiger partial charge in [-0.1, -0.05) is 18.2 Å². The Morgan fingerprint density at radius 2 is 2.14 bits per heavy atom. The van der Waals surface area contributed by atoms with Crippen LogP contribution < -0.4 is 9.47 Å². The molecule has 0 bridgehead atoms. The smallest absolute Gasteiger partial charge is 0.264 e. The first kappa shape index (κ1) is 17.4. The van der Waals surface area contributed by atoms with Crippen LogP contribution in [0.5, 0.6) is 11.6 Å². The lowest BCUT2D eigenvalue weighted by Gasteiger charge is -2.53. The van der Waals surface area contributed by atoms with Crippen LogP contribution in [0, 0.1) is 6.92 Å². The molecule has 0 aliphatic carbocycles. The lowest BCUT2D eigenvalue weighted by Crippen LogP contribution is -2.69. The van der Waals surface area contributed by atoms with Crippen LogP contribution in [-0.2, 0) is 16.0 Å². The molecule has 146 valence electrons. The molecule has 7 heteroatoms. The molecule has 1 aromatic carbocycles. The third kappa shape index (κ3) is 3.20. The molecule has 28 heavy (non-hydrogen) atoms. The number of carbonyl (C=O) groups excluding carboxylic acids is 1. The minimum Gasteiger partial charge on any atom is -0.480 e. The number of hydrogen-bond acceptors (Lipinski definition) is 6. The lowest BCUT2D eigenvalue weighted by molar-refractivity contribution is -0.196. The Morgan fingerprint density at radius 3 is 2.96 bits per heavy atom. The van der Waals surface area contributed by atoms with Crippen LogP contribution in [0.1, 0.15) is 24.1 Å². The number of fused-ring (bicyclic) bond motifs is 1. The largest absolute Gasteiger partial charge is 0.480 e. The molecule has 5 rings (SSSR count). The Hall–Kier alpha value is -2.67. The summed E-state index contributed by atoms with van der Waals surface area (Å²) in [4.78, 5) is 23.2. The van der Waals surface area contributed by atoms with E-state index in [1.165, 1.54) is 0 Å². The number of aromatic nitrogens is 2. The van der Waals surface area contributed by atoms with E-state index in [0.717, 1.165) is 29.8 Å². The van der Waals surface area contributed by atoms with Gasteiger partial charge in [-0.3, -0.25) is 9.78 Å². The Kier molecular flexibility index (Phi) is 4.19. The zero-order chi connectivity index (χ0) is 19.1. The molecular weight excluding hydrogens is 358 g/mol. The Bertz CT molecular complexity index is 872. The van der Waals surface area contributed by atoms with Crippen LogP contribution in [0.15, 0.2) is 36.7 Å². The van der Waals surface area contributed by atoms with Crippen molar-refractivity contribution in [2.24, 2.45) is 0 Å². The summed E-state index contributed by atoms with van der Waals surface area (Å²) in [5.74, 6) is 1.40. The van der Waals surface area contributed by atoms with E-state index in [-0.39, 0.29) is 17.6 Å². The first-order chi connectivity index (χ1) is 13.6. The fourth-order valence-corrected chi connectivity index (χ4v) is 4.30. The Morgan fingerprint density at radius 1 is 1.29 bits per heavy atom. The lowest BCUT2D eigenvalue weighted by atomic mass is 9.84. The summed E-state index contributed by atoms with van der Waals surface area (Å²) in [6.07, 6.45) is 5.14. The van der Waals surface area contributed by atoms with Crippen molar-refractivity contribution in [3.8, 4) is 11.6 Å². The van der Waals surface area contributed by atoms with Crippen LogP contribution in [0.25, 0.3) is 0 Å². The van der Waals surface area contributed by atoms with Gasteiger partial charge >= 0.3 is 0 Å². The molecule has 2 atom stereocenters. The van der Waals surface area contributed by atoms with Crippen LogP contribution >= 0.6 is 0 Å². The summed E-state index contributed by atoms with van der Waals surface area (Å²) in [7, 11) is 0. The predicted octanol–water partition coefficient (Wildman–Crippen LogP) is 1.93. The second-order valence-electron chi connectivity index (χ2n) is 7.88. The third-order valence-corrected chi connectivity index (χ3v) is 5.66. The monoisotopic (exact) mass is 381 g/mol. The minimum absolute atomic E-state index is 0.0223. The van der Waals surface area contributed by atoms with Crippen molar-refractivity contribution in [1.82, 2.24) is 14.9 Å². The van der Waals surface area contributed by atoms with Gasteiger partial charge in [-0.25, -0.2) is 4.98 Å². The molecule has 0 N–H and O–H groups in total. The second-order valence-corrected chi connectivity index (χ2v) is 7.88. The van der Waals surface area contributed by atoms with Gasteiger partial charge in [0.2, 0.25) is 5.88 Å². The number of rotatable bonds is 3. The van der Waals surface area contributed by atoms with E-state index in [1.807, 2.05) is 36.1 Å². The van der Waals surface area contributed by atoms with Crippen molar-refractivity contribution in [2.45, 2.75) is 44.0 Å². The Balaban J connectivity index is 1.18. The highest BCUT2D eigenvalue weighted by Crippen LogP contribution is 2.37. The van der Waals surface area contributed by atoms with Crippen molar-refractivity contribution in [3.05, 3.63) is 47.9 Å². The fourth-order valence-electron chi connectivity index (χ4n) is 4.30. The van der Waals surface area contributed by atoms with Crippen LogP contribution in [0.2, 0.25) is 0 Å². The van der Waals surface area contributed by atoms with Gasteiger partial charge < -0.3 is 19.1 Å². The maximum Gasteiger partial charge on any atom is 0.264 e. The number of likely N-dealkylation sites (tertiary alicyclic amines) is 1. The number of nitrogens with zero attached hydrogens (tertiary/aromatic N) is 3. The molecule has 2 fully saturated rings. The van der Waals surface area contributed by atoms with E-state index in [1.54, 1.807) is 12.4 Å². The molecule has 7 nitrogen and oxygen atoms in total. The number of aryl methyl sites for hydroxylation is 1. The van der Waals surface area contributed by atoms with E-state index < -0.39 is 6.10 Å². The van der Waals surface area contributed by atoms with Gasteiger partial charge in [-0.05, 0) is 18.6 Å². The van der Waals surface area contributed by atoms with E-state index in [4.69, 9.17) is 14.2 Å². The number of carbonyl (C=O) groups is 1. The molecule has 2 saturated heterocycles. The number of hydrogen-bond donors (Lipinski definition) is 0. The van der Waals surface area contributed by atoms with E-state index in [2.05, 4.69) is 9.97 Å². The van der Waals surface area contributed by atoms with Crippen molar-refractivity contribution >= 4 is 5.91 Å². The fraction of sp³-hybridized carbons (Fsp3) is 0.476. The molecule has 2 aromatic rings. The third-order valence-electron chi connectivity index (χ3n) is 5.66. The summed E-state index contributed by atoms with van der Waals surface area (Å²) < 4.78 is 17.9. The maximum atomic E-state index is 12.8. The van der Waals surface area contributed by atoms with Gasteiger partial charge in [-0.2, -0.15) is 0 Å². The molecule has 3 aliphatic rings. The summed E-state index contributed by atoms with van der Waals surface area (Å²) in [6, 6.07) is 7.84. The Labute approximate surface area is 163 Å². The molecule has 3 aliphatic heterocycles. The molecule has 0 saturated carbocycles. The van der Waals surface area contributed by atoms with E-state index in [9.17, 15) is 4.79 Å². The zero-order valence-corrected chi connectivity index (χ0v) is 15.8. The minimum atomic E-state index is -0.423. The maximum absolute atomic E-state index is 12.8. The van der Waals surface area contributed by atoms with Crippen LogP contribution in [0.3, 0.4) is 0 Å². The summed E-state index contributed by atoms with van der Waals surface area (Å²) in [6.45, 7) is 3.68. The number of benzene rings is 1. The van der Waals surface area contributed by atoms with Gasteiger partial charge in [0.15, 0.2) is 6.10 Å². The number of para-hydroxylation sites is 1. The number of ether oxygens (including phenoxy) is 3. The molecule has 0 radical (unpaired) electrons. The standard InChI is InChI=1S/C21H23N3O4/c1-14-10-22-11-19(23-14)27-16-6-7-26-21(9-16)12-24(13-21)20(25)18-8-15-4-2-3-5-17(15)28-18/h2-5,10-11,16,18H,6-9,12-13H2,1H3/t16-,18-/m1/s1. The van der Waals surface area contributed by atoms with Crippen molar-refractivity contribution in [1.29, 1.82) is 0 Å². The van der Waals surface area contributed by atoms with Gasteiger partial charge in [0.1, 0.15) is 17.5 Å². The van der Waals surface area contributed by atoms with Crippen molar-refractivity contribution < 1.29 is 19.0 Å². The first-order valence-corrected chi connectivity index (χ1v) is 9.73. The van der Waals surface area contributed by atoms with Crippen LogP contribution in [-0.4, -0.2) is 58.3 Å². The summed E-state index contributed by atoms with van der Waals surface area (Å²) >= 11 is 0. The molecule has 4 heterocycles. The number of amides is 1. The van der Waals surface area contributed by atoms with E-state index in [0.29, 0.717) is 32.0 Å². The van der Waals surface area contributed by atoms with Gasteiger partial charge in [0, 0.05) is 25.5 Å². The normalized spacial score (nSPS) is 25.0. The van der Waals surface area contributed by atoms with Crippen molar-refractivity contribution in [3.63, 3.8) is 0 Å². The van der Waals surface area contributed by atoms with Gasteiger partial charge in [0.05, 0.1) is 31.6 Å². The highest BCUT2D eigenvalue weighted by atomic mass is 16.5. The SMILES string of the molecule is Cc1cncc(O[C@@H]2CCOC3(C2)CN(C(=O)[C@H]2Cc4ccccc4O2)C3)n1.